The highest BCUT2D eigenvalue weighted by atomic mass is 16.5. The van der Waals surface area contributed by atoms with Gasteiger partial charge in [-0.2, -0.15) is 0 Å². The van der Waals surface area contributed by atoms with Crippen molar-refractivity contribution in [2.24, 2.45) is 5.92 Å². The zero-order valence-corrected chi connectivity index (χ0v) is 11.8. The van der Waals surface area contributed by atoms with Crippen LogP contribution in [0.2, 0.25) is 0 Å². The van der Waals surface area contributed by atoms with E-state index in [0.29, 0.717) is 13.2 Å². The summed E-state index contributed by atoms with van der Waals surface area (Å²) in [7, 11) is 0. The molecule has 0 radical (unpaired) electrons. The van der Waals surface area contributed by atoms with Gasteiger partial charge in [0, 0.05) is 19.6 Å². The smallest absolute Gasteiger partial charge is 0.250 e. The molecule has 1 aliphatic rings. The zero-order valence-electron chi connectivity index (χ0n) is 11.8. The molecule has 18 heavy (non-hydrogen) atoms. The fourth-order valence-electron chi connectivity index (χ4n) is 2.09. The summed E-state index contributed by atoms with van der Waals surface area (Å²) in [5, 5.41) is 6.11. The number of hydrogen-bond acceptors (Lipinski definition) is 3. The SMILES string of the molecule is CC(C)CCCCCCNC(=O)C1CNCCO1. The molecule has 4 nitrogen and oxygen atoms in total. The van der Waals surface area contributed by atoms with Crippen molar-refractivity contribution < 1.29 is 9.53 Å². The van der Waals surface area contributed by atoms with Crippen molar-refractivity contribution >= 4 is 5.91 Å². The van der Waals surface area contributed by atoms with Gasteiger partial charge in [0.05, 0.1) is 6.61 Å². The van der Waals surface area contributed by atoms with Crippen LogP contribution in [0.15, 0.2) is 0 Å². The van der Waals surface area contributed by atoms with Crippen molar-refractivity contribution in [2.45, 2.75) is 52.1 Å². The Morgan fingerprint density at radius 3 is 2.78 bits per heavy atom. The summed E-state index contributed by atoms with van der Waals surface area (Å²) in [4.78, 5) is 11.7. The van der Waals surface area contributed by atoms with Crippen LogP contribution in [0, 0.1) is 5.92 Å². The molecule has 0 aromatic heterocycles. The zero-order chi connectivity index (χ0) is 13.2. The molecule has 0 saturated carbocycles. The number of hydrogen-bond donors (Lipinski definition) is 2. The fraction of sp³-hybridized carbons (Fsp3) is 0.929. The number of ether oxygens (including phenoxy) is 1. The third-order valence-corrected chi connectivity index (χ3v) is 3.23. The van der Waals surface area contributed by atoms with Crippen LogP contribution < -0.4 is 10.6 Å². The van der Waals surface area contributed by atoms with Gasteiger partial charge >= 0.3 is 0 Å². The number of amides is 1. The third-order valence-electron chi connectivity index (χ3n) is 3.23. The second-order valence-electron chi connectivity index (χ2n) is 5.45. The van der Waals surface area contributed by atoms with Crippen molar-refractivity contribution in [3.05, 3.63) is 0 Å². The maximum atomic E-state index is 11.7. The highest BCUT2D eigenvalue weighted by Gasteiger charge is 2.20. The van der Waals surface area contributed by atoms with Gasteiger partial charge in [0.15, 0.2) is 0 Å². The average molecular weight is 256 g/mol. The van der Waals surface area contributed by atoms with E-state index in [0.717, 1.165) is 25.4 Å². The van der Waals surface area contributed by atoms with E-state index in [9.17, 15) is 4.79 Å². The summed E-state index contributed by atoms with van der Waals surface area (Å²) in [6.07, 6.45) is 5.88. The van der Waals surface area contributed by atoms with Gasteiger partial charge in [-0.25, -0.2) is 0 Å². The quantitative estimate of drug-likeness (QED) is 0.650. The second kappa shape index (κ2) is 9.34. The minimum atomic E-state index is -0.292. The van der Waals surface area contributed by atoms with E-state index in [1.807, 2.05) is 0 Å². The number of morpholine rings is 1. The first-order valence-corrected chi connectivity index (χ1v) is 7.30. The molecule has 0 aromatic carbocycles. The molecule has 1 amide bonds. The molecule has 1 fully saturated rings. The van der Waals surface area contributed by atoms with E-state index < -0.39 is 0 Å². The Labute approximate surface area is 111 Å². The number of rotatable bonds is 8. The molecule has 106 valence electrons. The monoisotopic (exact) mass is 256 g/mol. The van der Waals surface area contributed by atoms with Crippen LogP contribution in [-0.2, 0) is 9.53 Å². The summed E-state index contributed by atoms with van der Waals surface area (Å²) in [5.74, 6) is 0.838. The van der Waals surface area contributed by atoms with Crippen LogP contribution in [0.5, 0.6) is 0 Å². The van der Waals surface area contributed by atoms with Crippen LogP contribution in [-0.4, -0.2) is 38.3 Å². The normalized spacial score (nSPS) is 20.1. The first-order valence-electron chi connectivity index (χ1n) is 7.30. The second-order valence-corrected chi connectivity index (χ2v) is 5.45. The van der Waals surface area contributed by atoms with E-state index in [-0.39, 0.29) is 12.0 Å². The molecule has 1 atom stereocenters. The van der Waals surface area contributed by atoms with Gasteiger partial charge in [0.25, 0.3) is 0 Å². The molecule has 1 saturated heterocycles. The summed E-state index contributed by atoms with van der Waals surface area (Å²) in [6, 6.07) is 0. The third kappa shape index (κ3) is 6.97. The highest BCUT2D eigenvalue weighted by molar-refractivity contribution is 5.81. The Kier molecular flexibility index (Phi) is 8.01. The standard InChI is InChI=1S/C14H28N2O2/c1-12(2)7-5-3-4-6-8-16-14(17)13-11-15-9-10-18-13/h12-13,15H,3-11H2,1-2H3,(H,16,17). The van der Waals surface area contributed by atoms with Gasteiger partial charge < -0.3 is 15.4 Å². The summed E-state index contributed by atoms with van der Waals surface area (Å²) in [6.45, 7) is 7.42. The Morgan fingerprint density at radius 1 is 1.33 bits per heavy atom. The van der Waals surface area contributed by atoms with Gasteiger partial charge in [0.1, 0.15) is 6.10 Å². The van der Waals surface area contributed by atoms with Gasteiger partial charge in [-0.1, -0.05) is 39.5 Å². The molecule has 0 spiro atoms. The minimum absolute atomic E-state index is 0.0318. The van der Waals surface area contributed by atoms with Crippen LogP contribution in [0.4, 0.5) is 0 Å². The minimum Gasteiger partial charge on any atom is -0.366 e. The van der Waals surface area contributed by atoms with Crippen molar-refractivity contribution in [1.82, 2.24) is 10.6 Å². The Bertz CT molecular complexity index is 226. The maximum absolute atomic E-state index is 11.7. The summed E-state index contributed by atoms with van der Waals surface area (Å²) in [5.41, 5.74) is 0. The molecule has 1 unspecified atom stereocenters. The van der Waals surface area contributed by atoms with E-state index >= 15 is 0 Å². The molecule has 1 rings (SSSR count). The van der Waals surface area contributed by atoms with E-state index in [1.54, 1.807) is 0 Å². The molecule has 1 heterocycles. The molecule has 0 aromatic rings. The average Bonchev–Trinajstić information content (AvgIpc) is 2.38. The lowest BCUT2D eigenvalue weighted by Gasteiger charge is -2.22. The molecule has 0 bridgehead atoms. The molecule has 0 aliphatic carbocycles. The lowest BCUT2D eigenvalue weighted by atomic mass is 10.0. The van der Waals surface area contributed by atoms with E-state index in [2.05, 4.69) is 24.5 Å². The lowest BCUT2D eigenvalue weighted by molar-refractivity contribution is -0.134. The van der Waals surface area contributed by atoms with Crippen molar-refractivity contribution in [1.29, 1.82) is 0 Å². The van der Waals surface area contributed by atoms with Crippen LogP contribution in [0.25, 0.3) is 0 Å². The Hall–Kier alpha value is -0.610. The van der Waals surface area contributed by atoms with Gasteiger partial charge in [-0.3, -0.25) is 4.79 Å². The van der Waals surface area contributed by atoms with Crippen molar-refractivity contribution in [2.75, 3.05) is 26.2 Å². The fourth-order valence-corrected chi connectivity index (χ4v) is 2.09. The van der Waals surface area contributed by atoms with Crippen molar-refractivity contribution in [3.8, 4) is 0 Å². The molecular formula is C14H28N2O2. The Morgan fingerprint density at radius 2 is 2.11 bits per heavy atom. The molecule has 1 aliphatic heterocycles. The van der Waals surface area contributed by atoms with E-state index in [4.69, 9.17) is 4.74 Å². The summed E-state index contributed by atoms with van der Waals surface area (Å²) >= 11 is 0. The van der Waals surface area contributed by atoms with Gasteiger partial charge in [-0.05, 0) is 12.3 Å². The summed E-state index contributed by atoms with van der Waals surface area (Å²) < 4.78 is 5.39. The first-order chi connectivity index (χ1) is 8.70. The first kappa shape index (κ1) is 15.4. The van der Waals surface area contributed by atoms with Crippen molar-refractivity contribution in [3.63, 3.8) is 0 Å². The number of carbonyl (C=O) groups is 1. The van der Waals surface area contributed by atoms with Gasteiger partial charge in [0.2, 0.25) is 5.91 Å². The maximum Gasteiger partial charge on any atom is 0.250 e. The molecular weight excluding hydrogens is 228 g/mol. The highest BCUT2D eigenvalue weighted by Crippen LogP contribution is 2.09. The lowest BCUT2D eigenvalue weighted by Crippen LogP contribution is -2.48. The number of unbranched alkanes of at least 4 members (excludes halogenated alkanes) is 3. The number of nitrogens with one attached hydrogen (secondary N) is 2. The van der Waals surface area contributed by atoms with Crippen LogP contribution >= 0.6 is 0 Å². The largest absolute Gasteiger partial charge is 0.366 e. The molecule has 4 heteroatoms. The van der Waals surface area contributed by atoms with E-state index in [1.165, 1.54) is 25.7 Å². The predicted molar refractivity (Wildman–Crippen MR) is 73.5 cm³/mol. The van der Waals surface area contributed by atoms with Crippen LogP contribution in [0.1, 0.15) is 46.0 Å². The topological polar surface area (TPSA) is 50.4 Å². The molecule has 2 N–H and O–H groups in total. The predicted octanol–water partition coefficient (Wildman–Crippen LogP) is 1.70. The number of carbonyl (C=O) groups excluding carboxylic acids is 1. The van der Waals surface area contributed by atoms with Crippen LogP contribution in [0.3, 0.4) is 0 Å². The van der Waals surface area contributed by atoms with Gasteiger partial charge in [-0.15, -0.1) is 0 Å². The Balaban J connectivity index is 1.92.